The van der Waals surface area contributed by atoms with Crippen LogP contribution in [0.2, 0.25) is 0 Å². The Hall–Kier alpha value is -1.72. The van der Waals surface area contributed by atoms with Gasteiger partial charge in [-0.2, -0.15) is 0 Å². The highest BCUT2D eigenvalue weighted by atomic mass is 16.1. The number of likely N-dealkylation sites (N-methyl/N-ethyl adjacent to an activating group) is 1. The molecule has 5 nitrogen and oxygen atoms in total. The lowest BCUT2D eigenvalue weighted by Crippen LogP contribution is -2.33. The maximum atomic E-state index is 12.9. The van der Waals surface area contributed by atoms with Crippen LogP contribution in [0.25, 0.3) is 11.0 Å². The third-order valence-electron chi connectivity index (χ3n) is 4.36. The van der Waals surface area contributed by atoms with Gasteiger partial charge >= 0.3 is 0 Å². The van der Waals surface area contributed by atoms with Gasteiger partial charge < -0.3 is 14.8 Å². The van der Waals surface area contributed by atoms with Crippen LogP contribution in [-0.2, 0) is 6.54 Å². The smallest absolute Gasteiger partial charge is 0.201 e. The molecule has 1 N–H and O–H groups in total. The first-order chi connectivity index (χ1) is 10.7. The lowest BCUT2D eigenvalue weighted by molar-refractivity contribution is 0.0879. The molecule has 1 saturated heterocycles. The van der Waals surface area contributed by atoms with Gasteiger partial charge in [0.05, 0.1) is 11.0 Å². The fourth-order valence-corrected chi connectivity index (χ4v) is 3.06. The number of hydrogen-bond acceptors (Lipinski definition) is 4. The second-order valence-corrected chi connectivity index (χ2v) is 6.27. The van der Waals surface area contributed by atoms with Crippen molar-refractivity contribution in [1.82, 2.24) is 19.8 Å². The highest BCUT2D eigenvalue weighted by Gasteiger charge is 2.26. The quantitative estimate of drug-likeness (QED) is 0.855. The van der Waals surface area contributed by atoms with E-state index < -0.39 is 0 Å². The van der Waals surface area contributed by atoms with Crippen molar-refractivity contribution in [3.05, 3.63) is 30.1 Å². The Morgan fingerprint density at radius 1 is 1.32 bits per heavy atom. The molecule has 1 aromatic heterocycles. The number of hydrogen-bond donors (Lipinski definition) is 1. The summed E-state index contributed by atoms with van der Waals surface area (Å²) in [5.41, 5.74) is 1.97. The summed E-state index contributed by atoms with van der Waals surface area (Å²) in [7, 11) is 4.10. The number of fused-ring (bicyclic) bond motifs is 1. The standard InChI is InChI=1S/C17H24N4O/c1-20(2)11-12-21-15-6-4-3-5-14(15)19-17(21)16(22)13-7-9-18-10-8-13/h3-6,13,18H,7-12H2,1-2H3. The average Bonchev–Trinajstić information content (AvgIpc) is 2.91. The molecule has 22 heavy (non-hydrogen) atoms. The average molecular weight is 300 g/mol. The highest BCUT2D eigenvalue weighted by molar-refractivity contribution is 5.98. The van der Waals surface area contributed by atoms with Crippen molar-refractivity contribution >= 4 is 16.8 Å². The molecular formula is C17H24N4O. The van der Waals surface area contributed by atoms with Gasteiger partial charge in [-0.05, 0) is 52.2 Å². The van der Waals surface area contributed by atoms with E-state index in [2.05, 4.69) is 25.8 Å². The van der Waals surface area contributed by atoms with E-state index in [0.717, 1.165) is 50.1 Å². The van der Waals surface area contributed by atoms with Crippen molar-refractivity contribution in [3.63, 3.8) is 0 Å². The number of para-hydroxylation sites is 2. The summed E-state index contributed by atoms with van der Waals surface area (Å²) in [4.78, 5) is 19.7. The van der Waals surface area contributed by atoms with E-state index in [0.29, 0.717) is 5.82 Å². The van der Waals surface area contributed by atoms with Gasteiger partial charge in [-0.25, -0.2) is 4.98 Å². The summed E-state index contributed by atoms with van der Waals surface area (Å²) in [6.07, 6.45) is 1.82. The van der Waals surface area contributed by atoms with Crippen LogP contribution in [0.4, 0.5) is 0 Å². The van der Waals surface area contributed by atoms with Gasteiger partial charge in [0.2, 0.25) is 5.78 Å². The molecular weight excluding hydrogens is 276 g/mol. The predicted octanol–water partition coefficient (Wildman–Crippen LogP) is 1.78. The number of benzene rings is 1. The number of Topliss-reactive ketones (excluding diaryl/α,β-unsaturated/α-hetero) is 1. The molecule has 3 rings (SSSR count). The Morgan fingerprint density at radius 2 is 2.05 bits per heavy atom. The van der Waals surface area contributed by atoms with Crippen molar-refractivity contribution in [2.45, 2.75) is 19.4 Å². The molecule has 1 fully saturated rings. The number of ketones is 1. The first kappa shape index (κ1) is 15.2. The fraction of sp³-hybridized carbons (Fsp3) is 0.529. The summed E-state index contributed by atoms with van der Waals surface area (Å²) in [6.45, 7) is 3.54. The Balaban J connectivity index is 1.95. The number of carbonyl (C=O) groups excluding carboxylic acids is 1. The Morgan fingerprint density at radius 3 is 2.77 bits per heavy atom. The third kappa shape index (κ3) is 3.05. The number of piperidine rings is 1. The Bertz CT molecular complexity index is 656. The van der Waals surface area contributed by atoms with E-state index in [1.54, 1.807) is 0 Å². The van der Waals surface area contributed by atoms with Crippen LogP contribution in [0.3, 0.4) is 0 Å². The minimum Gasteiger partial charge on any atom is -0.320 e. The van der Waals surface area contributed by atoms with Crippen molar-refractivity contribution in [2.75, 3.05) is 33.7 Å². The zero-order valence-corrected chi connectivity index (χ0v) is 13.4. The Kier molecular flexibility index (Phi) is 4.55. The van der Waals surface area contributed by atoms with Gasteiger partial charge in [0.15, 0.2) is 5.82 Å². The van der Waals surface area contributed by atoms with E-state index >= 15 is 0 Å². The lowest BCUT2D eigenvalue weighted by atomic mass is 9.93. The number of imidazole rings is 1. The molecule has 0 spiro atoms. The molecule has 0 radical (unpaired) electrons. The van der Waals surface area contributed by atoms with Gasteiger partial charge in [0.25, 0.3) is 0 Å². The molecule has 0 amide bonds. The summed E-state index contributed by atoms with van der Waals surface area (Å²) in [6, 6.07) is 8.03. The zero-order valence-electron chi connectivity index (χ0n) is 13.4. The van der Waals surface area contributed by atoms with Crippen LogP contribution < -0.4 is 5.32 Å². The first-order valence-corrected chi connectivity index (χ1v) is 8.02. The first-order valence-electron chi connectivity index (χ1n) is 8.02. The largest absolute Gasteiger partial charge is 0.320 e. The molecule has 0 atom stereocenters. The van der Waals surface area contributed by atoms with Crippen LogP contribution in [0.1, 0.15) is 23.5 Å². The molecule has 0 saturated carbocycles. The van der Waals surface area contributed by atoms with E-state index in [1.807, 2.05) is 32.3 Å². The van der Waals surface area contributed by atoms with Crippen LogP contribution in [0.5, 0.6) is 0 Å². The van der Waals surface area contributed by atoms with E-state index in [9.17, 15) is 4.79 Å². The van der Waals surface area contributed by atoms with E-state index in [-0.39, 0.29) is 11.7 Å². The van der Waals surface area contributed by atoms with Crippen LogP contribution in [0, 0.1) is 5.92 Å². The molecule has 1 aliphatic heterocycles. The highest BCUT2D eigenvalue weighted by Crippen LogP contribution is 2.22. The Labute approximate surface area is 131 Å². The second-order valence-electron chi connectivity index (χ2n) is 6.27. The third-order valence-corrected chi connectivity index (χ3v) is 4.36. The summed E-state index contributed by atoms with van der Waals surface area (Å²) in [5, 5.41) is 3.32. The van der Waals surface area contributed by atoms with Crippen molar-refractivity contribution in [2.24, 2.45) is 5.92 Å². The molecule has 1 aliphatic rings. The van der Waals surface area contributed by atoms with Gasteiger partial charge in [0.1, 0.15) is 0 Å². The molecule has 118 valence electrons. The lowest BCUT2D eigenvalue weighted by Gasteiger charge is -2.21. The molecule has 5 heteroatoms. The van der Waals surface area contributed by atoms with Crippen LogP contribution >= 0.6 is 0 Å². The molecule has 2 aromatic rings. The van der Waals surface area contributed by atoms with Gasteiger partial charge in [-0.1, -0.05) is 12.1 Å². The number of nitrogens with zero attached hydrogens (tertiary/aromatic N) is 3. The predicted molar refractivity (Wildman–Crippen MR) is 88.2 cm³/mol. The fourth-order valence-electron chi connectivity index (χ4n) is 3.06. The number of rotatable bonds is 5. The summed E-state index contributed by atoms with van der Waals surface area (Å²) < 4.78 is 2.10. The summed E-state index contributed by atoms with van der Waals surface area (Å²) >= 11 is 0. The van der Waals surface area contributed by atoms with E-state index in [1.165, 1.54) is 0 Å². The van der Waals surface area contributed by atoms with Gasteiger partial charge in [0, 0.05) is 19.0 Å². The maximum Gasteiger partial charge on any atom is 0.201 e. The monoisotopic (exact) mass is 300 g/mol. The van der Waals surface area contributed by atoms with Crippen molar-refractivity contribution in [1.29, 1.82) is 0 Å². The number of nitrogens with one attached hydrogen (secondary N) is 1. The summed E-state index contributed by atoms with van der Waals surface area (Å²) in [5.74, 6) is 0.947. The van der Waals surface area contributed by atoms with E-state index in [4.69, 9.17) is 0 Å². The minimum atomic E-state index is 0.108. The number of aromatic nitrogens is 2. The zero-order chi connectivity index (χ0) is 15.5. The minimum absolute atomic E-state index is 0.108. The van der Waals surface area contributed by atoms with Crippen LogP contribution in [0.15, 0.2) is 24.3 Å². The van der Waals surface area contributed by atoms with Crippen molar-refractivity contribution in [3.8, 4) is 0 Å². The van der Waals surface area contributed by atoms with Gasteiger partial charge in [-0.3, -0.25) is 4.79 Å². The topological polar surface area (TPSA) is 50.2 Å². The molecule has 0 bridgehead atoms. The molecule has 0 unspecified atom stereocenters. The van der Waals surface area contributed by atoms with Gasteiger partial charge in [-0.15, -0.1) is 0 Å². The SMILES string of the molecule is CN(C)CCn1c(C(=O)C2CCNCC2)nc2ccccc21. The van der Waals surface area contributed by atoms with Crippen molar-refractivity contribution < 1.29 is 4.79 Å². The number of carbonyl (C=O) groups is 1. The normalized spacial score (nSPS) is 16.5. The molecule has 1 aromatic carbocycles. The molecule has 2 heterocycles. The van der Waals surface area contributed by atoms with Crippen LogP contribution in [-0.4, -0.2) is 54.0 Å². The molecule has 0 aliphatic carbocycles. The second kappa shape index (κ2) is 6.58. The maximum absolute atomic E-state index is 12.9.